The zero-order chi connectivity index (χ0) is 15.2. The minimum atomic E-state index is -0.156. The van der Waals surface area contributed by atoms with Gasteiger partial charge in [0, 0.05) is 25.2 Å². The van der Waals surface area contributed by atoms with Gasteiger partial charge in [0.25, 0.3) is 0 Å². The van der Waals surface area contributed by atoms with Crippen LogP contribution in [0.15, 0.2) is 42.6 Å². The van der Waals surface area contributed by atoms with E-state index in [1.54, 1.807) is 12.3 Å². The molecule has 0 unspecified atom stereocenters. The van der Waals surface area contributed by atoms with Crippen molar-refractivity contribution in [2.24, 2.45) is 0 Å². The van der Waals surface area contributed by atoms with E-state index in [1.807, 2.05) is 30.3 Å². The maximum atomic E-state index is 10.9. The van der Waals surface area contributed by atoms with Gasteiger partial charge in [-0.3, -0.25) is 9.59 Å². The van der Waals surface area contributed by atoms with Crippen molar-refractivity contribution >= 4 is 34.7 Å². The lowest BCUT2D eigenvalue weighted by atomic mass is 10.2. The highest BCUT2D eigenvalue weighted by atomic mass is 16.2. The van der Waals surface area contributed by atoms with Gasteiger partial charge in [-0.25, -0.2) is 4.98 Å². The average molecular weight is 284 g/mol. The number of anilines is 4. The van der Waals surface area contributed by atoms with E-state index in [-0.39, 0.29) is 11.8 Å². The van der Waals surface area contributed by atoms with Crippen molar-refractivity contribution in [3.8, 4) is 0 Å². The number of rotatable bonds is 4. The molecule has 108 valence electrons. The van der Waals surface area contributed by atoms with Crippen LogP contribution >= 0.6 is 0 Å². The molecule has 0 bridgehead atoms. The van der Waals surface area contributed by atoms with Crippen LogP contribution in [0, 0.1) is 0 Å². The monoisotopic (exact) mass is 284 g/mol. The number of benzene rings is 1. The first kappa shape index (κ1) is 14.5. The second-order valence-corrected chi connectivity index (χ2v) is 4.50. The number of carbonyl (C=O) groups is 2. The average Bonchev–Trinajstić information content (AvgIpc) is 2.42. The van der Waals surface area contributed by atoms with Gasteiger partial charge in [0.1, 0.15) is 5.82 Å². The molecule has 0 saturated heterocycles. The van der Waals surface area contributed by atoms with E-state index in [4.69, 9.17) is 0 Å². The quantitative estimate of drug-likeness (QED) is 0.806. The number of aromatic nitrogens is 1. The lowest BCUT2D eigenvalue weighted by Gasteiger charge is -2.08. The molecule has 0 saturated carbocycles. The van der Waals surface area contributed by atoms with E-state index in [2.05, 4.69) is 20.9 Å². The zero-order valence-electron chi connectivity index (χ0n) is 11.8. The molecule has 2 aromatic rings. The fourth-order valence-electron chi connectivity index (χ4n) is 1.73. The smallest absolute Gasteiger partial charge is 0.222 e. The van der Waals surface area contributed by atoms with Crippen molar-refractivity contribution < 1.29 is 9.59 Å². The summed E-state index contributed by atoms with van der Waals surface area (Å²) < 4.78 is 0. The molecule has 0 spiro atoms. The van der Waals surface area contributed by atoms with Gasteiger partial charge in [-0.2, -0.15) is 0 Å². The van der Waals surface area contributed by atoms with Crippen molar-refractivity contribution in [2.75, 3.05) is 16.0 Å². The Morgan fingerprint density at radius 1 is 0.810 bits per heavy atom. The van der Waals surface area contributed by atoms with Gasteiger partial charge in [0.15, 0.2) is 0 Å². The van der Waals surface area contributed by atoms with Crippen molar-refractivity contribution in [2.45, 2.75) is 13.8 Å². The molecule has 6 nitrogen and oxygen atoms in total. The van der Waals surface area contributed by atoms with E-state index in [9.17, 15) is 9.59 Å². The number of carbonyl (C=O) groups excluding carboxylic acids is 2. The SMILES string of the molecule is CC(=O)Nc1ccc(Nc2ccc(NC(C)=O)nc2)cc1. The summed E-state index contributed by atoms with van der Waals surface area (Å²) >= 11 is 0. The Labute approximate surface area is 122 Å². The largest absolute Gasteiger partial charge is 0.354 e. The Morgan fingerprint density at radius 2 is 1.38 bits per heavy atom. The molecular formula is C15H16N4O2. The van der Waals surface area contributed by atoms with Crippen LogP contribution in [0.1, 0.15) is 13.8 Å². The third-order valence-corrected chi connectivity index (χ3v) is 2.56. The Balaban J connectivity index is 2.01. The van der Waals surface area contributed by atoms with Crippen LogP contribution in [0.3, 0.4) is 0 Å². The lowest BCUT2D eigenvalue weighted by molar-refractivity contribution is -0.115. The summed E-state index contributed by atoms with van der Waals surface area (Å²) in [5.74, 6) is 0.249. The van der Waals surface area contributed by atoms with E-state index < -0.39 is 0 Å². The summed E-state index contributed by atoms with van der Waals surface area (Å²) in [5, 5.41) is 8.48. The van der Waals surface area contributed by atoms with Crippen LogP contribution in [0.4, 0.5) is 22.9 Å². The minimum absolute atomic E-state index is 0.103. The fourth-order valence-corrected chi connectivity index (χ4v) is 1.73. The Hall–Kier alpha value is -2.89. The molecule has 0 radical (unpaired) electrons. The standard InChI is InChI=1S/C15H16N4O2/c1-10(20)17-12-3-5-13(6-4-12)19-14-7-8-15(16-9-14)18-11(2)21/h3-9,19H,1-2H3,(H,17,20)(H,16,18,21). The Kier molecular flexibility index (Phi) is 4.50. The second kappa shape index (κ2) is 6.51. The first-order chi connectivity index (χ1) is 10.0. The van der Waals surface area contributed by atoms with Crippen LogP contribution < -0.4 is 16.0 Å². The first-order valence-electron chi connectivity index (χ1n) is 6.41. The molecule has 1 aromatic carbocycles. The van der Waals surface area contributed by atoms with Crippen molar-refractivity contribution in [1.29, 1.82) is 0 Å². The van der Waals surface area contributed by atoms with E-state index in [0.717, 1.165) is 17.1 Å². The first-order valence-corrected chi connectivity index (χ1v) is 6.41. The molecular weight excluding hydrogens is 268 g/mol. The maximum absolute atomic E-state index is 10.9. The molecule has 0 aliphatic carbocycles. The number of pyridine rings is 1. The van der Waals surface area contributed by atoms with Gasteiger partial charge in [-0.1, -0.05) is 0 Å². The molecule has 21 heavy (non-hydrogen) atoms. The number of hydrogen-bond acceptors (Lipinski definition) is 4. The summed E-state index contributed by atoms with van der Waals surface area (Å²) in [6.07, 6.45) is 1.63. The van der Waals surface area contributed by atoms with Crippen molar-refractivity contribution in [3.63, 3.8) is 0 Å². The third-order valence-electron chi connectivity index (χ3n) is 2.56. The van der Waals surface area contributed by atoms with Gasteiger partial charge in [0.2, 0.25) is 11.8 Å². The Morgan fingerprint density at radius 3 is 1.90 bits per heavy atom. The normalized spacial score (nSPS) is 9.81. The van der Waals surface area contributed by atoms with Crippen LogP contribution in [-0.2, 0) is 9.59 Å². The van der Waals surface area contributed by atoms with Gasteiger partial charge in [0.05, 0.1) is 11.9 Å². The molecule has 0 aliphatic heterocycles. The molecule has 2 rings (SSSR count). The summed E-state index contributed by atoms with van der Waals surface area (Å²) in [6, 6.07) is 10.9. The van der Waals surface area contributed by atoms with Gasteiger partial charge >= 0.3 is 0 Å². The topological polar surface area (TPSA) is 83.1 Å². The van der Waals surface area contributed by atoms with Crippen LogP contribution in [0.2, 0.25) is 0 Å². The molecule has 3 N–H and O–H groups in total. The van der Waals surface area contributed by atoms with Gasteiger partial charge in [-0.15, -0.1) is 0 Å². The van der Waals surface area contributed by atoms with Crippen LogP contribution in [0.25, 0.3) is 0 Å². The minimum Gasteiger partial charge on any atom is -0.354 e. The predicted molar refractivity (Wildman–Crippen MR) is 82.6 cm³/mol. The summed E-state index contributed by atoms with van der Waals surface area (Å²) in [4.78, 5) is 26.0. The number of nitrogens with zero attached hydrogens (tertiary/aromatic N) is 1. The molecule has 1 heterocycles. The van der Waals surface area contributed by atoms with Gasteiger partial charge in [-0.05, 0) is 36.4 Å². The van der Waals surface area contributed by atoms with E-state index in [1.165, 1.54) is 13.8 Å². The predicted octanol–water partition coefficient (Wildman–Crippen LogP) is 2.74. The highest BCUT2D eigenvalue weighted by Gasteiger charge is 2.00. The van der Waals surface area contributed by atoms with Crippen LogP contribution in [0.5, 0.6) is 0 Å². The zero-order valence-corrected chi connectivity index (χ0v) is 11.8. The van der Waals surface area contributed by atoms with E-state index in [0.29, 0.717) is 5.82 Å². The molecule has 0 fully saturated rings. The molecule has 2 amide bonds. The van der Waals surface area contributed by atoms with Crippen LogP contribution in [-0.4, -0.2) is 16.8 Å². The highest BCUT2D eigenvalue weighted by Crippen LogP contribution is 2.19. The number of hydrogen-bond donors (Lipinski definition) is 3. The number of amides is 2. The Bertz CT molecular complexity index is 578. The summed E-state index contributed by atoms with van der Waals surface area (Å²) in [7, 11) is 0. The summed E-state index contributed by atoms with van der Waals surface area (Å²) in [6.45, 7) is 2.90. The molecule has 0 aliphatic rings. The maximum Gasteiger partial charge on any atom is 0.222 e. The van der Waals surface area contributed by atoms with Gasteiger partial charge < -0.3 is 16.0 Å². The fraction of sp³-hybridized carbons (Fsp3) is 0.133. The third kappa shape index (κ3) is 4.61. The second-order valence-electron chi connectivity index (χ2n) is 4.50. The molecule has 6 heteroatoms. The summed E-state index contributed by atoms with van der Waals surface area (Å²) in [5.41, 5.74) is 2.42. The number of nitrogens with one attached hydrogen (secondary N) is 3. The van der Waals surface area contributed by atoms with E-state index >= 15 is 0 Å². The molecule has 0 atom stereocenters. The highest BCUT2D eigenvalue weighted by molar-refractivity contribution is 5.89. The van der Waals surface area contributed by atoms with Crippen molar-refractivity contribution in [1.82, 2.24) is 4.98 Å². The molecule has 1 aromatic heterocycles. The lowest BCUT2D eigenvalue weighted by Crippen LogP contribution is -2.07. The van der Waals surface area contributed by atoms with Crippen molar-refractivity contribution in [3.05, 3.63) is 42.6 Å².